The molecule has 5 heteroatoms. The van der Waals surface area contributed by atoms with Crippen molar-refractivity contribution in [1.29, 1.82) is 0 Å². The molecule has 0 saturated carbocycles. The molecule has 1 aromatic carbocycles. The summed E-state index contributed by atoms with van der Waals surface area (Å²) in [4.78, 5) is 14.7. The highest BCUT2D eigenvalue weighted by Gasteiger charge is 2.25. The van der Waals surface area contributed by atoms with Gasteiger partial charge in [0.25, 0.3) is 0 Å². The molecule has 0 radical (unpaired) electrons. The van der Waals surface area contributed by atoms with Gasteiger partial charge >= 0.3 is 5.69 Å². The molecule has 3 rings (SSSR count). The van der Waals surface area contributed by atoms with E-state index in [-0.39, 0.29) is 5.69 Å². The summed E-state index contributed by atoms with van der Waals surface area (Å²) in [5.41, 5.74) is 0.827. The lowest BCUT2D eigenvalue weighted by molar-refractivity contribution is 0.244. The molecular weight excluding hydrogens is 252 g/mol. The number of nitrogens with zero attached hydrogens (tertiary/aromatic N) is 4. The fourth-order valence-electron chi connectivity index (χ4n) is 2.95. The van der Waals surface area contributed by atoms with E-state index in [1.807, 2.05) is 30.3 Å². The first-order chi connectivity index (χ1) is 9.66. The van der Waals surface area contributed by atoms with E-state index in [4.69, 9.17) is 0 Å². The Labute approximate surface area is 118 Å². The van der Waals surface area contributed by atoms with Crippen LogP contribution in [0.1, 0.15) is 24.6 Å². The summed E-state index contributed by atoms with van der Waals surface area (Å²) >= 11 is 0. The van der Waals surface area contributed by atoms with Gasteiger partial charge in [-0.25, -0.2) is 14.0 Å². The monoisotopic (exact) mass is 272 g/mol. The number of para-hydroxylation sites is 1. The van der Waals surface area contributed by atoms with E-state index in [9.17, 15) is 4.79 Å². The lowest BCUT2D eigenvalue weighted by Crippen LogP contribution is -2.32. The molecule has 0 unspecified atom stereocenters. The first-order valence-corrected chi connectivity index (χ1v) is 7.06. The van der Waals surface area contributed by atoms with Gasteiger partial charge in [0.15, 0.2) is 0 Å². The van der Waals surface area contributed by atoms with Crippen molar-refractivity contribution >= 4 is 0 Å². The van der Waals surface area contributed by atoms with Gasteiger partial charge in [0.05, 0.1) is 5.69 Å². The highest BCUT2D eigenvalue weighted by Crippen LogP contribution is 2.25. The van der Waals surface area contributed by atoms with E-state index in [2.05, 4.69) is 17.0 Å². The van der Waals surface area contributed by atoms with E-state index in [0.29, 0.717) is 5.92 Å². The molecule has 1 aliphatic heterocycles. The maximum Gasteiger partial charge on any atom is 0.350 e. The van der Waals surface area contributed by atoms with Crippen molar-refractivity contribution in [3.8, 4) is 5.69 Å². The van der Waals surface area contributed by atoms with Gasteiger partial charge in [0.2, 0.25) is 0 Å². The topological polar surface area (TPSA) is 43.1 Å². The smallest absolute Gasteiger partial charge is 0.306 e. The van der Waals surface area contributed by atoms with E-state index in [1.54, 1.807) is 11.6 Å². The molecule has 0 bridgehead atoms. The van der Waals surface area contributed by atoms with E-state index < -0.39 is 0 Å². The van der Waals surface area contributed by atoms with Crippen LogP contribution in [0.4, 0.5) is 0 Å². The van der Waals surface area contributed by atoms with Gasteiger partial charge in [-0.15, -0.1) is 0 Å². The predicted molar refractivity (Wildman–Crippen MR) is 78.3 cm³/mol. The van der Waals surface area contributed by atoms with Crippen molar-refractivity contribution in [2.24, 2.45) is 7.05 Å². The van der Waals surface area contributed by atoms with Gasteiger partial charge < -0.3 is 4.90 Å². The summed E-state index contributed by atoms with van der Waals surface area (Å²) in [6.45, 7) is 2.09. The third-order valence-electron chi connectivity index (χ3n) is 3.95. The van der Waals surface area contributed by atoms with E-state index >= 15 is 0 Å². The van der Waals surface area contributed by atoms with Crippen molar-refractivity contribution < 1.29 is 0 Å². The Bertz CT molecular complexity index is 644. The summed E-state index contributed by atoms with van der Waals surface area (Å²) in [7, 11) is 3.85. The summed E-state index contributed by atoms with van der Waals surface area (Å²) in [5.74, 6) is 1.21. The second-order valence-electron chi connectivity index (χ2n) is 5.54. The molecular formula is C15H20N4O. The van der Waals surface area contributed by atoms with E-state index in [0.717, 1.165) is 37.4 Å². The molecule has 106 valence electrons. The minimum absolute atomic E-state index is 0.0700. The number of piperidine rings is 1. The quantitative estimate of drug-likeness (QED) is 0.829. The fourth-order valence-corrected chi connectivity index (χ4v) is 2.95. The summed E-state index contributed by atoms with van der Waals surface area (Å²) in [6, 6.07) is 9.77. The second kappa shape index (κ2) is 5.25. The van der Waals surface area contributed by atoms with Gasteiger partial charge in [-0.3, -0.25) is 0 Å². The second-order valence-corrected chi connectivity index (χ2v) is 5.54. The number of aromatic nitrogens is 3. The zero-order valence-corrected chi connectivity index (χ0v) is 12.0. The minimum Gasteiger partial charge on any atom is -0.306 e. The summed E-state index contributed by atoms with van der Waals surface area (Å²) in [6.07, 6.45) is 2.24. The normalized spacial score (nSPS) is 20.2. The molecule has 1 aromatic heterocycles. The molecule has 1 fully saturated rings. The van der Waals surface area contributed by atoms with Gasteiger partial charge in [-0.2, -0.15) is 5.10 Å². The average Bonchev–Trinajstić information content (AvgIpc) is 2.76. The third-order valence-corrected chi connectivity index (χ3v) is 3.95. The van der Waals surface area contributed by atoms with Crippen LogP contribution in [0.3, 0.4) is 0 Å². The lowest BCUT2D eigenvalue weighted by Gasteiger charge is -2.29. The number of hydrogen-bond acceptors (Lipinski definition) is 3. The molecule has 0 N–H and O–H groups in total. The largest absolute Gasteiger partial charge is 0.350 e. The van der Waals surface area contributed by atoms with Crippen molar-refractivity contribution in [2.45, 2.75) is 18.8 Å². The van der Waals surface area contributed by atoms with Crippen LogP contribution < -0.4 is 5.69 Å². The predicted octanol–water partition coefficient (Wildman–Crippen LogP) is 1.38. The fraction of sp³-hybridized carbons (Fsp3) is 0.467. The van der Waals surface area contributed by atoms with Crippen LogP contribution in [0, 0.1) is 0 Å². The van der Waals surface area contributed by atoms with Crippen molar-refractivity contribution in [3.05, 3.63) is 46.6 Å². The van der Waals surface area contributed by atoms with Crippen molar-refractivity contribution in [1.82, 2.24) is 19.2 Å². The first-order valence-electron chi connectivity index (χ1n) is 7.06. The number of aryl methyl sites for hydroxylation is 1. The van der Waals surface area contributed by atoms with Crippen LogP contribution in [0.5, 0.6) is 0 Å². The third kappa shape index (κ3) is 2.29. The van der Waals surface area contributed by atoms with Gasteiger partial charge in [0, 0.05) is 19.5 Å². The zero-order chi connectivity index (χ0) is 14.1. The Morgan fingerprint density at radius 1 is 1.20 bits per heavy atom. The molecule has 5 nitrogen and oxygen atoms in total. The van der Waals surface area contributed by atoms with Crippen LogP contribution in [-0.2, 0) is 7.05 Å². The maximum absolute atomic E-state index is 12.4. The number of hydrogen-bond donors (Lipinski definition) is 0. The molecule has 2 heterocycles. The van der Waals surface area contributed by atoms with Crippen LogP contribution in [0.2, 0.25) is 0 Å². The standard InChI is InChI=1S/C15H20N4O/c1-17-10-6-7-12(11-17)14-16-18(2)15(20)19(14)13-8-4-3-5-9-13/h3-5,8-9,12H,6-7,10-11H2,1-2H3/t12-/m0/s1. The molecule has 1 saturated heterocycles. The van der Waals surface area contributed by atoms with Crippen LogP contribution in [-0.4, -0.2) is 39.4 Å². The average molecular weight is 272 g/mol. The van der Waals surface area contributed by atoms with Gasteiger partial charge in [0.1, 0.15) is 5.82 Å². The molecule has 20 heavy (non-hydrogen) atoms. The van der Waals surface area contributed by atoms with Crippen LogP contribution in [0.15, 0.2) is 35.1 Å². The lowest BCUT2D eigenvalue weighted by atomic mass is 9.97. The summed E-state index contributed by atoms with van der Waals surface area (Å²) < 4.78 is 3.20. The minimum atomic E-state index is -0.0700. The zero-order valence-electron chi connectivity index (χ0n) is 12.0. The Kier molecular flexibility index (Phi) is 3.44. The number of likely N-dealkylation sites (tertiary alicyclic amines) is 1. The van der Waals surface area contributed by atoms with Gasteiger partial charge in [-0.1, -0.05) is 18.2 Å². The van der Waals surface area contributed by atoms with Crippen LogP contribution in [0.25, 0.3) is 5.69 Å². The molecule has 1 atom stereocenters. The summed E-state index contributed by atoms with van der Waals surface area (Å²) in [5, 5.41) is 4.49. The Morgan fingerprint density at radius 3 is 2.65 bits per heavy atom. The molecule has 1 aliphatic rings. The maximum atomic E-state index is 12.4. The molecule has 0 aliphatic carbocycles. The molecule has 2 aromatic rings. The number of benzene rings is 1. The van der Waals surface area contributed by atoms with E-state index in [1.165, 1.54) is 4.68 Å². The molecule has 0 amide bonds. The molecule has 0 spiro atoms. The number of likely N-dealkylation sites (N-methyl/N-ethyl adjacent to an activating group) is 1. The Balaban J connectivity index is 2.08. The van der Waals surface area contributed by atoms with Crippen molar-refractivity contribution in [3.63, 3.8) is 0 Å². The first kappa shape index (κ1) is 13.1. The Hall–Kier alpha value is -1.88. The Morgan fingerprint density at radius 2 is 1.95 bits per heavy atom. The van der Waals surface area contributed by atoms with Gasteiger partial charge in [-0.05, 0) is 38.6 Å². The van der Waals surface area contributed by atoms with Crippen molar-refractivity contribution in [2.75, 3.05) is 20.1 Å². The highest BCUT2D eigenvalue weighted by atomic mass is 16.2. The van der Waals surface area contributed by atoms with Crippen LogP contribution >= 0.6 is 0 Å². The number of rotatable bonds is 2. The SMILES string of the molecule is CN1CCC[C@H](c2nn(C)c(=O)n2-c2ccccc2)C1. The highest BCUT2D eigenvalue weighted by molar-refractivity contribution is 5.33.